The van der Waals surface area contributed by atoms with Crippen LogP contribution in [-0.4, -0.2) is 35.8 Å². The molecular formula is C25H27N3O4. The number of likely N-dealkylation sites (tertiary alicyclic amines) is 1. The zero-order chi connectivity index (χ0) is 22.8. The Balaban J connectivity index is 1.58. The Kier molecular flexibility index (Phi) is 4.64. The van der Waals surface area contributed by atoms with Gasteiger partial charge in [0.2, 0.25) is 17.7 Å². The van der Waals surface area contributed by atoms with Crippen LogP contribution in [0.2, 0.25) is 0 Å². The lowest BCUT2D eigenvalue weighted by molar-refractivity contribution is -0.143. The topological polar surface area (TPSA) is 87.7 Å². The smallest absolute Gasteiger partial charge is 0.250 e. The Morgan fingerprint density at radius 2 is 1.78 bits per heavy atom. The number of aryl methyl sites for hydroxylation is 1. The molecule has 0 bridgehead atoms. The standard InChI is InChI=1S/C25H27N3O4/c1-13(2)20-18-19(25(27-20)17-7-5-6-14(3)21(17)26-24(25)31)23(30)28(22(18)29)12-15-8-10-16(32-4)11-9-15/h5-11,13,18-20,27H,12H2,1-4H3,(H,26,31)/t18-,19+,20+,25+/m0/s1. The van der Waals surface area contributed by atoms with E-state index in [1.165, 1.54) is 4.90 Å². The van der Waals surface area contributed by atoms with E-state index in [1.807, 2.05) is 63.2 Å². The Hall–Kier alpha value is -3.19. The number of hydrogen-bond donors (Lipinski definition) is 2. The fourth-order valence-corrected chi connectivity index (χ4v) is 5.61. The quantitative estimate of drug-likeness (QED) is 0.724. The van der Waals surface area contributed by atoms with Crippen molar-refractivity contribution in [2.75, 3.05) is 12.4 Å². The number of nitrogens with zero attached hydrogens (tertiary/aromatic N) is 1. The Bertz CT molecular complexity index is 1130. The minimum atomic E-state index is -1.23. The van der Waals surface area contributed by atoms with Gasteiger partial charge in [0.15, 0.2) is 0 Å². The van der Waals surface area contributed by atoms with E-state index in [0.29, 0.717) is 5.75 Å². The fraction of sp³-hybridized carbons (Fsp3) is 0.400. The summed E-state index contributed by atoms with van der Waals surface area (Å²) in [4.78, 5) is 42.1. The molecule has 3 aliphatic heterocycles. The van der Waals surface area contributed by atoms with Crippen LogP contribution in [0, 0.1) is 24.7 Å². The molecule has 2 aromatic carbocycles. The van der Waals surface area contributed by atoms with Crippen LogP contribution in [0.5, 0.6) is 5.75 Å². The largest absolute Gasteiger partial charge is 0.497 e. The van der Waals surface area contributed by atoms with Crippen molar-refractivity contribution in [3.05, 3.63) is 59.2 Å². The molecule has 0 radical (unpaired) electrons. The number of amides is 3. The predicted molar refractivity (Wildman–Crippen MR) is 119 cm³/mol. The van der Waals surface area contributed by atoms with E-state index in [2.05, 4.69) is 10.6 Å². The molecule has 2 saturated heterocycles. The summed E-state index contributed by atoms with van der Waals surface area (Å²) in [5, 5.41) is 6.45. The van der Waals surface area contributed by atoms with Crippen molar-refractivity contribution in [2.24, 2.45) is 17.8 Å². The van der Waals surface area contributed by atoms with Gasteiger partial charge in [-0.15, -0.1) is 0 Å². The van der Waals surface area contributed by atoms with E-state index in [-0.39, 0.29) is 36.2 Å². The highest BCUT2D eigenvalue weighted by Gasteiger charge is 2.70. The van der Waals surface area contributed by atoms with Crippen molar-refractivity contribution in [3.63, 3.8) is 0 Å². The van der Waals surface area contributed by atoms with E-state index < -0.39 is 17.4 Å². The molecule has 3 heterocycles. The first-order chi connectivity index (χ1) is 15.3. The molecule has 0 unspecified atom stereocenters. The summed E-state index contributed by atoms with van der Waals surface area (Å²) >= 11 is 0. The maximum absolute atomic E-state index is 13.8. The summed E-state index contributed by atoms with van der Waals surface area (Å²) < 4.78 is 5.20. The number of ether oxygens (including phenoxy) is 1. The second-order valence-corrected chi connectivity index (χ2v) is 9.29. The highest BCUT2D eigenvalue weighted by Crippen LogP contribution is 2.54. The molecule has 2 N–H and O–H groups in total. The second kappa shape index (κ2) is 7.17. The molecule has 5 rings (SSSR count). The number of carbonyl (C=O) groups excluding carboxylic acids is 3. The Morgan fingerprint density at radius 3 is 2.44 bits per heavy atom. The van der Waals surface area contributed by atoms with Gasteiger partial charge >= 0.3 is 0 Å². The van der Waals surface area contributed by atoms with Crippen molar-refractivity contribution in [3.8, 4) is 5.75 Å². The number of hydrogen-bond acceptors (Lipinski definition) is 5. The zero-order valence-electron chi connectivity index (χ0n) is 18.6. The number of imide groups is 1. The lowest BCUT2D eigenvalue weighted by Gasteiger charge is -2.30. The minimum absolute atomic E-state index is 0.0706. The number of anilines is 1. The number of nitrogens with one attached hydrogen (secondary N) is 2. The molecule has 3 amide bonds. The van der Waals surface area contributed by atoms with Crippen LogP contribution in [0.15, 0.2) is 42.5 Å². The molecule has 2 fully saturated rings. The van der Waals surface area contributed by atoms with Gasteiger partial charge in [0.05, 0.1) is 25.5 Å². The Labute approximate surface area is 187 Å². The highest BCUT2D eigenvalue weighted by molar-refractivity contribution is 6.15. The molecule has 0 aliphatic carbocycles. The predicted octanol–water partition coefficient (Wildman–Crippen LogP) is 2.58. The molecule has 32 heavy (non-hydrogen) atoms. The third kappa shape index (κ3) is 2.67. The molecule has 0 saturated carbocycles. The summed E-state index contributed by atoms with van der Waals surface area (Å²) in [5.74, 6) is -1.35. The number of para-hydroxylation sites is 1. The van der Waals surface area contributed by atoms with Crippen LogP contribution in [0.3, 0.4) is 0 Å². The molecule has 7 nitrogen and oxygen atoms in total. The molecule has 0 aromatic heterocycles. The monoisotopic (exact) mass is 433 g/mol. The first-order valence-electron chi connectivity index (χ1n) is 11.0. The number of carbonyl (C=O) groups is 3. The van der Waals surface area contributed by atoms with Crippen molar-refractivity contribution < 1.29 is 19.1 Å². The summed E-state index contributed by atoms with van der Waals surface area (Å²) in [6, 6.07) is 12.7. The fourth-order valence-electron chi connectivity index (χ4n) is 5.61. The van der Waals surface area contributed by atoms with E-state index in [4.69, 9.17) is 4.74 Å². The minimum Gasteiger partial charge on any atom is -0.497 e. The van der Waals surface area contributed by atoms with Crippen molar-refractivity contribution in [1.29, 1.82) is 0 Å². The number of rotatable bonds is 4. The van der Waals surface area contributed by atoms with Crippen LogP contribution < -0.4 is 15.4 Å². The van der Waals surface area contributed by atoms with E-state index in [1.54, 1.807) is 7.11 Å². The number of methoxy groups -OCH3 is 1. The second-order valence-electron chi connectivity index (χ2n) is 9.29. The molecule has 7 heteroatoms. The summed E-state index contributed by atoms with van der Waals surface area (Å²) in [6.07, 6.45) is 0. The van der Waals surface area contributed by atoms with E-state index >= 15 is 0 Å². The molecule has 3 aliphatic rings. The van der Waals surface area contributed by atoms with E-state index in [0.717, 1.165) is 22.4 Å². The third-order valence-corrected chi connectivity index (χ3v) is 7.20. The van der Waals surface area contributed by atoms with E-state index in [9.17, 15) is 14.4 Å². The molecule has 2 aromatic rings. The van der Waals surface area contributed by atoms with Gasteiger partial charge in [-0.25, -0.2) is 0 Å². The van der Waals surface area contributed by atoms with Crippen LogP contribution in [0.25, 0.3) is 0 Å². The van der Waals surface area contributed by atoms with Gasteiger partial charge in [0.1, 0.15) is 11.3 Å². The highest BCUT2D eigenvalue weighted by atomic mass is 16.5. The summed E-state index contributed by atoms with van der Waals surface area (Å²) in [5.41, 5.74) is 2.03. The first kappa shape index (κ1) is 20.7. The molecule has 4 atom stereocenters. The Morgan fingerprint density at radius 1 is 1.06 bits per heavy atom. The lowest BCUT2D eigenvalue weighted by Crippen LogP contribution is -2.53. The van der Waals surface area contributed by atoms with Gasteiger partial charge in [-0.05, 0) is 36.1 Å². The van der Waals surface area contributed by atoms with Gasteiger partial charge in [0.25, 0.3) is 0 Å². The van der Waals surface area contributed by atoms with Crippen molar-refractivity contribution in [1.82, 2.24) is 10.2 Å². The van der Waals surface area contributed by atoms with Gasteiger partial charge in [-0.2, -0.15) is 0 Å². The van der Waals surface area contributed by atoms with Gasteiger partial charge in [-0.3, -0.25) is 24.6 Å². The van der Waals surface area contributed by atoms with Gasteiger partial charge in [-0.1, -0.05) is 44.2 Å². The van der Waals surface area contributed by atoms with Crippen LogP contribution in [0.4, 0.5) is 5.69 Å². The zero-order valence-corrected chi connectivity index (χ0v) is 18.6. The molecule has 1 spiro atoms. The number of fused-ring (bicyclic) bond motifs is 4. The van der Waals surface area contributed by atoms with Crippen molar-refractivity contribution >= 4 is 23.4 Å². The first-order valence-corrected chi connectivity index (χ1v) is 11.0. The third-order valence-electron chi connectivity index (χ3n) is 7.20. The maximum atomic E-state index is 13.8. The van der Waals surface area contributed by atoms with Gasteiger partial charge < -0.3 is 10.1 Å². The van der Waals surface area contributed by atoms with Crippen LogP contribution in [-0.2, 0) is 26.5 Å². The lowest BCUT2D eigenvalue weighted by atomic mass is 9.75. The summed E-state index contributed by atoms with van der Waals surface area (Å²) in [7, 11) is 1.59. The SMILES string of the molecule is COc1ccc(CN2C(=O)[C@@H]3[C@@H](C(C)C)N[C@@]4(C(=O)Nc5c(C)cccc54)[C@H]3C2=O)cc1. The van der Waals surface area contributed by atoms with Crippen LogP contribution >= 0.6 is 0 Å². The number of benzene rings is 2. The molecule has 166 valence electrons. The molecular weight excluding hydrogens is 406 g/mol. The van der Waals surface area contributed by atoms with Crippen molar-refractivity contribution in [2.45, 2.75) is 38.9 Å². The average Bonchev–Trinajstić information content (AvgIpc) is 3.36. The average molecular weight is 434 g/mol. The van der Waals surface area contributed by atoms with Gasteiger partial charge in [0, 0.05) is 17.3 Å². The summed E-state index contributed by atoms with van der Waals surface area (Å²) in [6.45, 7) is 6.14. The maximum Gasteiger partial charge on any atom is 0.250 e. The normalized spacial score (nSPS) is 28.5. The van der Waals surface area contributed by atoms with Crippen LogP contribution in [0.1, 0.15) is 30.5 Å².